The van der Waals surface area contributed by atoms with Gasteiger partial charge in [0.15, 0.2) is 0 Å². The van der Waals surface area contributed by atoms with Gasteiger partial charge in [0.05, 0.1) is 0 Å². The van der Waals surface area contributed by atoms with Crippen LogP contribution >= 0.6 is 0 Å². The zero-order chi connectivity index (χ0) is 14.7. The highest BCUT2D eigenvalue weighted by molar-refractivity contribution is 5.78. The summed E-state index contributed by atoms with van der Waals surface area (Å²) in [5.41, 5.74) is -0.148. The number of hydrogen-bond donors (Lipinski definition) is 1. The number of hydrogen-bond acceptors (Lipinski definition) is 2. The van der Waals surface area contributed by atoms with Crippen LogP contribution in [0.5, 0.6) is 0 Å². The van der Waals surface area contributed by atoms with Crippen LogP contribution in [-0.2, 0) is 4.79 Å². The third-order valence-corrected chi connectivity index (χ3v) is 7.19. The molecule has 5 rings (SSSR count). The molecule has 1 aliphatic heterocycles. The smallest absolute Gasteiger partial charge is 0.323 e. The van der Waals surface area contributed by atoms with Crippen LogP contribution in [0.2, 0.25) is 0 Å². The average molecular weight is 291 g/mol. The molecule has 4 bridgehead atoms. The van der Waals surface area contributed by atoms with Gasteiger partial charge in [0.1, 0.15) is 5.54 Å². The quantitative estimate of drug-likeness (QED) is 0.864. The molecule has 0 aromatic rings. The molecule has 5 fully saturated rings. The van der Waals surface area contributed by atoms with Gasteiger partial charge in [-0.25, -0.2) is 0 Å². The monoisotopic (exact) mass is 291 g/mol. The van der Waals surface area contributed by atoms with Crippen molar-refractivity contribution in [3.63, 3.8) is 0 Å². The first-order chi connectivity index (χ1) is 9.99. The van der Waals surface area contributed by atoms with E-state index < -0.39 is 11.5 Å². The number of carbonyl (C=O) groups is 1. The molecule has 1 unspecified atom stereocenters. The number of rotatable bonds is 3. The zero-order valence-electron chi connectivity index (χ0n) is 13.3. The maximum absolute atomic E-state index is 11.8. The van der Waals surface area contributed by atoms with Crippen LogP contribution in [0.1, 0.15) is 64.7 Å². The third-order valence-electron chi connectivity index (χ3n) is 7.19. The average Bonchev–Trinajstić information content (AvgIpc) is 2.39. The van der Waals surface area contributed by atoms with Crippen LogP contribution in [0.15, 0.2) is 0 Å². The molecule has 4 saturated carbocycles. The van der Waals surface area contributed by atoms with Gasteiger partial charge in [0.2, 0.25) is 0 Å². The lowest BCUT2D eigenvalue weighted by molar-refractivity contribution is -0.157. The van der Waals surface area contributed by atoms with E-state index in [1.165, 1.54) is 44.9 Å². The topological polar surface area (TPSA) is 40.5 Å². The first kappa shape index (κ1) is 14.0. The van der Waals surface area contributed by atoms with Crippen molar-refractivity contribution < 1.29 is 9.90 Å². The molecule has 1 atom stereocenters. The normalized spacial score (nSPS) is 49.5. The highest BCUT2D eigenvalue weighted by Crippen LogP contribution is 2.60. The van der Waals surface area contributed by atoms with Gasteiger partial charge >= 0.3 is 5.97 Å². The summed E-state index contributed by atoms with van der Waals surface area (Å²) in [5, 5.41) is 9.74. The van der Waals surface area contributed by atoms with Crippen molar-refractivity contribution in [2.45, 2.75) is 70.3 Å². The number of carboxylic acids is 1. The lowest BCUT2D eigenvalue weighted by atomic mass is 9.49. The minimum absolute atomic E-state index is 0.461. The Labute approximate surface area is 128 Å². The summed E-state index contributed by atoms with van der Waals surface area (Å²) in [6.07, 6.45) is 11.6. The Kier molecular flexibility index (Phi) is 3.15. The molecule has 0 spiro atoms. The minimum Gasteiger partial charge on any atom is -0.480 e. The van der Waals surface area contributed by atoms with Crippen molar-refractivity contribution in [2.75, 3.05) is 13.1 Å². The van der Waals surface area contributed by atoms with E-state index in [1.54, 1.807) is 0 Å². The Bertz CT molecular complexity index is 411. The summed E-state index contributed by atoms with van der Waals surface area (Å²) in [7, 11) is 0. The van der Waals surface area contributed by atoms with E-state index in [-0.39, 0.29) is 0 Å². The largest absolute Gasteiger partial charge is 0.480 e. The van der Waals surface area contributed by atoms with Gasteiger partial charge < -0.3 is 5.11 Å². The number of nitrogens with zero attached hydrogens (tertiary/aromatic N) is 1. The fourth-order valence-electron chi connectivity index (χ4n) is 6.56. The molecule has 1 saturated heterocycles. The SMILES string of the molecule is CC1(C(=O)O)CCCCN1CC12CC3CC(CC(C3)C1)C2. The fraction of sp³-hybridized carbons (Fsp3) is 0.944. The molecule has 1 N–H and O–H groups in total. The highest BCUT2D eigenvalue weighted by atomic mass is 16.4. The standard InChI is InChI=1S/C18H29NO2/c1-17(16(20)21)4-2-3-5-19(17)12-18-9-13-6-14(10-18)8-15(7-13)11-18/h13-15H,2-12H2,1H3,(H,20,21). The molecule has 5 aliphatic rings. The van der Waals surface area contributed by atoms with E-state index in [0.29, 0.717) is 5.41 Å². The molecule has 0 aromatic carbocycles. The van der Waals surface area contributed by atoms with Gasteiger partial charge in [-0.15, -0.1) is 0 Å². The van der Waals surface area contributed by atoms with E-state index in [2.05, 4.69) is 4.90 Å². The van der Waals surface area contributed by atoms with Gasteiger partial charge in [-0.3, -0.25) is 9.69 Å². The van der Waals surface area contributed by atoms with Gasteiger partial charge in [-0.2, -0.15) is 0 Å². The van der Waals surface area contributed by atoms with Crippen LogP contribution in [0, 0.1) is 23.2 Å². The molecule has 21 heavy (non-hydrogen) atoms. The van der Waals surface area contributed by atoms with Crippen molar-refractivity contribution in [3.05, 3.63) is 0 Å². The number of likely N-dealkylation sites (tertiary alicyclic amines) is 1. The Hall–Kier alpha value is -0.570. The van der Waals surface area contributed by atoms with Crippen LogP contribution < -0.4 is 0 Å². The molecular formula is C18H29NO2. The van der Waals surface area contributed by atoms with E-state index in [9.17, 15) is 9.90 Å². The summed E-state index contributed by atoms with van der Waals surface area (Å²) in [6, 6.07) is 0. The van der Waals surface area contributed by atoms with Crippen LogP contribution in [0.25, 0.3) is 0 Å². The van der Waals surface area contributed by atoms with Crippen LogP contribution in [0.3, 0.4) is 0 Å². The third kappa shape index (κ3) is 2.23. The maximum atomic E-state index is 11.8. The van der Waals surface area contributed by atoms with Crippen molar-refractivity contribution in [1.82, 2.24) is 4.90 Å². The predicted octanol–water partition coefficient (Wildman–Crippen LogP) is 3.53. The van der Waals surface area contributed by atoms with Crippen molar-refractivity contribution >= 4 is 5.97 Å². The molecule has 4 aliphatic carbocycles. The summed E-state index contributed by atoms with van der Waals surface area (Å²) >= 11 is 0. The maximum Gasteiger partial charge on any atom is 0.323 e. The highest BCUT2D eigenvalue weighted by Gasteiger charge is 2.53. The fourth-order valence-corrected chi connectivity index (χ4v) is 6.56. The molecule has 3 nitrogen and oxygen atoms in total. The zero-order valence-corrected chi connectivity index (χ0v) is 13.3. The lowest BCUT2D eigenvalue weighted by Crippen LogP contribution is -2.60. The molecule has 0 radical (unpaired) electrons. The first-order valence-corrected chi connectivity index (χ1v) is 8.98. The van der Waals surface area contributed by atoms with Crippen LogP contribution in [0.4, 0.5) is 0 Å². The summed E-state index contributed by atoms with van der Waals surface area (Å²) in [4.78, 5) is 14.2. The Morgan fingerprint density at radius 1 is 1.10 bits per heavy atom. The van der Waals surface area contributed by atoms with E-state index >= 15 is 0 Å². The summed E-state index contributed by atoms with van der Waals surface area (Å²) in [6.45, 7) is 4.01. The van der Waals surface area contributed by atoms with Crippen molar-refractivity contribution in [1.29, 1.82) is 0 Å². The number of piperidine rings is 1. The molecule has 118 valence electrons. The Morgan fingerprint density at radius 3 is 2.19 bits per heavy atom. The summed E-state index contributed by atoms with van der Waals surface area (Å²) in [5.74, 6) is 2.26. The van der Waals surface area contributed by atoms with Gasteiger partial charge in [0.25, 0.3) is 0 Å². The Balaban J connectivity index is 1.56. The van der Waals surface area contributed by atoms with Gasteiger partial charge in [-0.1, -0.05) is 0 Å². The molecule has 0 aromatic heterocycles. The van der Waals surface area contributed by atoms with Gasteiger partial charge in [-0.05, 0) is 94.4 Å². The van der Waals surface area contributed by atoms with E-state index in [1.807, 2.05) is 6.92 Å². The van der Waals surface area contributed by atoms with Gasteiger partial charge in [0, 0.05) is 6.54 Å². The van der Waals surface area contributed by atoms with Crippen molar-refractivity contribution in [3.8, 4) is 0 Å². The second-order valence-electron chi connectivity index (χ2n) is 8.88. The summed E-state index contributed by atoms with van der Waals surface area (Å²) < 4.78 is 0. The number of carboxylic acid groups (broad SMARTS) is 1. The lowest BCUT2D eigenvalue weighted by Gasteiger charge is -2.59. The van der Waals surface area contributed by atoms with E-state index in [0.717, 1.165) is 43.7 Å². The number of aliphatic carboxylic acids is 1. The predicted molar refractivity (Wildman–Crippen MR) is 82.1 cm³/mol. The van der Waals surface area contributed by atoms with Crippen molar-refractivity contribution in [2.24, 2.45) is 23.2 Å². The molecule has 0 amide bonds. The Morgan fingerprint density at radius 2 is 1.67 bits per heavy atom. The first-order valence-electron chi connectivity index (χ1n) is 8.98. The molecular weight excluding hydrogens is 262 g/mol. The molecule has 1 heterocycles. The van der Waals surface area contributed by atoms with Crippen LogP contribution in [-0.4, -0.2) is 34.6 Å². The second kappa shape index (κ2) is 4.71. The molecule has 3 heteroatoms. The second-order valence-corrected chi connectivity index (χ2v) is 8.88. The van der Waals surface area contributed by atoms with E-state index in [4.69, 9.17) is 0 Å². The minimum atomic E-state index is -0.610.